The van der Waals surface area contributed by atoms with Crippen molar-refractivity contribution in [3.05, 3.63) is 30.1 Å². The molecule has 2 heterocycles. The summed E-state index contributed by atoms with van der Waals surface area (Å²) in [4.78, 5) is 8.96. The first-order chi connectivity index (χ1) is 9.22. The normalized spacial score (nSPS) is 19.8. The van der Waals surface area contributed by atoms with E-state index in [1.165, 1.54) is 31.5 Å². The second-order valence-corrected chi connectivity index (χ2v) is 5.66. The van der Waals surface area contributed by atoms with Crippen LogP contribution in [0.4, 0.5) is 0 Å². The van der Waals surface area contributed by atoms with E-state index in [-0.39, 0.29) is 0 Å². The van der Waals surface area contributed by atoms with Crippen molar-refractivity contribution < 1.29 is 0 Å². The number of nitrogens with zero attached hydrogens (tertiary/aromatic N) is 3. The third kappa shape index (κ3) is 3.75. The van der Waals surface area contributed by atoms with Gasteiger partial charge in [-0.3, -0.25) is 4.98 Å². The van der Waals surface area contributed by atoms with Crippen LogP contribution in [0.2, 0.25) is 0 Å². The molecular formula is C15H26N4. The van der Waals surface area contributed by atoms with Crippen LogP contribution >= 0.6 is 0 Å². The minimum Gasteiger partial charge on any atom is -0.329 e. The van der Waals surface area contributed by atoms with Gasteiger partial charge >= 0.3 is 0 Å². The van der Waals surface area contributed by atoms with Crippen LogP contribution in [0.15, 0.2) is 24.5 Å². The van der Waals surface area contributed by atoms with E-state index in [0.29, 0.717) is 6.04 Å². The summed E-state index contributed by atoms with van der Waals surface area (Å²) < 4.78 is 0. The topological polar surface area (TPSA) is 45.4 Å². The molecule has 4 heteroatoms. The molecule has 0 aromatic carbocycles. The fourth-order valence-corrected chi connectivity index (χ4v) is 3.23. The van der Waals surface area contributed by atoms with Gasteiger partial charge in [0.2, 0.25) is 0 Å². The van der Waals surface area contributed by atoms with Crippen molar-refractivity contribution >= 4 is 0 Å². The van der Waals surface area contributed by atoms with E-state index < -0.39 is 0 Å². The molecule has 2 N–H and O–H groups in total. The Morgan fingerprint density at radius 2 is 1.95 bits per heavy atom. The number of pyridine rings is 1. The molecule has 1 aliphatic rings. The molecule has 0 radical (unpaired) electrons. The number of nitrogens with two attached hydrogens (primary N) is 1. The Kier molecular flexibility index (Phi) is 5.31. The summed E-state index contributed by atoms with van der Waals surface area (Å²) in [6.45, 7) is 4.16. The zero-order valence-electron chi connectivity index (χ0n) is 12.1. The highest BCUT2D eigenvalue weighted by Crippen LogP contribution is 2.33. The summed E-state index contributed by atoms with van der Waals surface area (Å²) in [5.41, 5.74) is 7.02. The van der Waals surface area contributed by atoms with Gasteiger partial charge in [0.15, 0.2) is 0 Å². The quantitative estimate of drug-likeness (QED) is 0.870. The van der Waals surface area contributed by atoms with Gasteiger partial charge in [0.25, 0.3) is 0 Å². The predicted molar refractivity (Wildman–Crippen MR) is 78.9 cm³/mol. The number of piperidine rings is 1. The van der Waals surface area contributed by atoms with Crippen molar-refractivity contribution in [1.82, 2.24) is 14.8 Å². The molecule has 1 atom stereocenters. The standard InChI is InChI=1S/C15H26N4/c1-18(2)15(13-3-8-17-9-4-13)14-5-10-19(11-6-14)12-7-16/h3-4,8-9,14-15H,5-7,10-12,16H2,1-2H3. The molecule has 1 aromatic rings. The maximum absolute atomic E-state index is 5.64. The fourth-order valence-electron chi connectivity index (χ4n) is 3.23. The highest BCUT2D eigenvalue weighted by Gasteiger charge is 2.28. The number of likely N-dealkylation sites (tertiary alicyclic amines) is 1. The minimum absolute atomic E-state index is 0.503. The molecule has 0 saturated carbocycles. The zero-order chi connectivity index (χ0) is 13.7. The Bertz CT molecular complexity index is 358. The molecule has 1 unspecified atom stereocenters. The molecule has 0 aliphatic carbocycles. The van der Waals surface area contributed by atoms with Gasteiger partial charge in [-0.25, -0.2) is 0 Å². The molecule has 1 aliphatic heterocycles. The van der Waals surface area contributed by atoms with Crippen molar-refractivity contribution in [2.24, 2.45) is 11.7 Å². The van der Waals surface area contributed by atoms with Crippen LogP contribution in [-0.4, -0.2) is 55.1 Å². The second kappa shape index (κ2) is 6.98. The van der Waals surface area contributed by atoms with Gasteiger partial charge in [-0.15, -0.1) is 0 Å². The summed E-state index contributed by atoms with van der Waals surface area (Å²) in [5.74, 6) is 0.728. The van der Waals surface area contributed by atoms with Crippen LogP contribution in [0.1, 0.15) is 24.4 Å². The molecule has 4 nitrogen and oxygen atoms in total. The highest BCUT2D eigenvalue weighted by atomic mass is 15.1. The molecule has 0 spiro atoms. The van der Waals surface area contributed by atoms with Gasteiger partial charge in [-0.2, -0.15) is 0 Å². The summed E-state index contributed by atoms with van der Waals surface area (Å²) in [6.07, 6.45) is 6.31. The van der Waals surface area contributed by atoms with Crippen molar-refractivity contribution in [2.75, 3.05) is 40.3 Å². The molecule has 0 bridgehead atoms. The monoisotopic (exact) mass is 262 g/mol. The lowest BCUT2D eigenvalue weighted by atomic mass is 9.85. The summed E-state index contributed by atoms with van der Waals surface area (Å²) in [5, 5.41) is 0. The van der Waals surface area contributed by atoms with E-state index in [0.717, 1.165) is 19.0 Å². The van der Waals surface area contributed by atoms with Crippen LogP contribution in [0.5, 0.6) is 0 Å². The van der Waals surface area contributed by atoms with Crippen molar-refractivity contribution in [3.8, 4) is 0 Å². The minimum atomic E-state index is 0.503. The van der Waals surface area contributed by atoms with Gasteiger partial charge in [0.05, 0.1) is 0 Å². The summed E-state index contributed by atoms with van der Waals surface area (Å²) >= 11 is 0. The Hall–Kier alpha value is -0.970. The Labute approximate surface area is 116 Å². The predicted octanol–water partition coefficient (Wildman–Crippen LogP) is 1.35. The van der Waals surface area contributed by atoms with Crippen LogP contribution < -0.4 is 5.73 Å². The zero-order valence-corrected chi connectivity index (χ0v) is 12.1. The first kappa shape index (κ1) is 14.4. The van der Waals surface area contributed by atoms with Crippen LogP contribution in [-0.2, 0) is 0 Å². The molecular weight excluding hydrogens is 236 g/mol. The largest absolute Gasteiger partial charge is 0.329 e. The SMILES string of the molecule is CN(C)C(c1ccncc1)C1CCN(CCN)CC1. The first-order valence-electron chi connectivity index (χ1n) is 7.21. The highest BCUT2D eigenvalue weighted by molar-refractivity contribution is 5.16. The lowest BCUT2D eigenvalue weighted by Gasteiger charge is -2.39. The molecule has 1 aromatic heterocycles. The van der Waals surface area contributed by atoms with Crippen molar-refractivity contribution in [2.45, 2.75) is 18.9 Å². The molecule has 19 heavy (non-hydrogen) atoms. The lowest BCUT2D eigenvalue weighted by Crippen LogP contribution is -2.40. The molecule has 106 valence electrons. The van der Waals surface area contributed by atoms with Gasteiger partial charge in [-0.1, -0.05) is 0 Å². The summed E-state index contributed by atoms with van der Waals surface area (Å²) in [7, 11) is 4.36. The van der Waals surface area contributed by atoms with E-state index in [1.54, 1.807) is 0 Å². The fraction of sp³-hybridized carbons (Fsp3) is 0.667. The van der Waals surface area contributed by atoms with E-state index in [4.69, 9.17) is 5.73 Å². The first-order valence-corrected chi connectivity index (χ1v) is 7.21. The number of rotatable bonds is 5. The summed E-state index contributed by atoms with van der Waals surface area (Å²) in [6, 6.07) is 4.80. The Balaban J connectivity index is 2.02. The van der Waals surface area contributed by atoms with E-state index in [1.807, 2.05) is 12.4 Å². The van der Waals surface area contributed by atoms with Crippen LogP contribution in [0.25, 0.3) is 0 Å². The van der Waals surface area contributed by atoms with Crippen LogP contribution in [0.3, 0.4) is 0 Å². The van der Waals surface area contributed by atoms with Crippen LogP contribution in [0, 0.1) is 5.92 Å². The van der Waals surface area contributed by atoms with E-state index in [9.17, 15) is 0 Å². The molecule has 2 rings (SSSR count). The van der Waals surface area contributed by atoms with Gasteiger partial charge in [0, 0.05) is 31.5 Å². The third-order valence-electron chi connectivity index (χ3n) is 4.13. The molecule has 1 saturated heterocycles. The third-order valence-corrected chi connectivity index (χ3v) is 4.13. The van der Waals surface area contributed by atoms with Crippen molar-refractivity contribution in [3.63, 3.8) is 0 Å². The van der Waals surface area contributed by atoms with Gasteiger partial charge < -0.3 is 15.5 Å². The number of hydrogen-bond acceptors (Lipinski definition) is 4. The second-order valence-electron chi connectivity index (χ2n) is 5.66. The maximum atomic E-state index is 5.64. The lowest BCUT2D eigenvalue weighted by molar-refractivity contribution is 0.119. The van der Waals surface area contributed by atoms with Gasteiger partial charge in [-0.05, 0) is 63.6 Å². The number of hydrogen-bond donors (Lipinski definition) is 1. The number of aromatic nitrogens is 1. The Morgan fingerprint density at radius 1 is 1.32 bits per heavy atom. The van der Waals surface area contributed by atoms with Gasteiger partial charge in [0.1, 0.15) is 0 Å². The van der Waals surface area contributed by atoms with E-state index in [2.05, 4.69) is 41.0 Å². The average Bonchev–Trinajstić information content (AvgIpc) is 2.42. The molecule has 1 fully saturated rings. The Morgan fingerprint density at radius 3 is 2.47 bits per heavy atom. The smallest absolute Gasteiger partial charge is 0.0372 e. The average molecular weight is 262 g/mol. The van der Waals surface area contributed by atoms with E-state index >= 15 is 0 Å². The maximum Gasteiger partial charge on any atom is 0.0372 e. The van der Waals surface area contributed by atoms with Crippen molar-refractivity contribution in [1.29, 1.82) is 0 Å². The molecule has 0 amide bonds.